The number of nitrogens with one attached hydrogen (secondary N) is 1. The Bertz CT molecular complexity index is 643. The fourth-order valence-electron chi connectivity index (χ4n) is 3.99. The van der Waals surface area contributed by atoms with Gasteiger partial charge in [-0.3, -0.25) is 4.84 Å². The highest BCUT2D eigenvalue weighted by Crippen LogP contribution is 2.38. The van der Waals surface area contributed by atoms with E-state index in [9.17, 15) is 0 Å². The number of hydrogen-bond donors (Lipinski definition) is 1. The average Bonchev–Trinajstić information content (AvgIpc) is 2.76. The fourth-order valence-corrected chi connectivity index (χ4v) is 3.99. The lowest BCUT2D eigenvalue weighted by Crippen LogP contribution is -2.59. The van der Waals surface area contributed by atoms with Crippen molar-refractivity contribution in [1.29, 1.82) is 0 Å². The number of ether oxygens (including phenoxy) is 1. The molecule has 30 heavy (non-hydrogen) atoms. The van der Waals surface area contributed by atoms with Crippen molar-refractivity contribution in [3.05, 3.63) is 66.2 Å². The highest BCUT2D eigenvalue weighted by molar-refractivity contribution is 5.25. The SMILES string of the molecule is CCCCCCCCC(Cc1ccccc1)(Oc1ccccc1)C(C)(C)ONCC. The molecule has 0 aliphatic heterocycles. The monoisotopic (exact) mass is 411 g/mol. The smallest absolute Gasteiger partial charge is 0.143 e. The summed E-state index contributed by atoms with van der Waals surface area (Å²) in [6.07, 6.45) is 9.31. The lowest BCUT2D eigenvalue weighted by molar-refractivity contribution is -0.188. The zero-order valence-electron chi connectivity index (χ0n) is 19.5. The normalized spacial score (nSPS) is 13.7. The van der Waals surface area contributed by atoms with Crippen LogP contribution in [-0.4, -0.2) is 17.7 Å². The molecule has 0 fully saturated rings. The first kappa shape index (κ1) is 24.4. The van der Waals surface area contributed by atoms with Gasteiger partial charge >= 0.3 is 0 Å². The quantitative estimate of drug-likeness (QED) is 0.250. The lowest BCUT2D eigenvalue weighted by Gasteiger charge is -2.46. The maximum Gasteiger partial charge on any atom is 0.143 e. The summed E-state index contributed by atoms with van der Waals surface area (Å²) in [6, 6.07) is 20.8. The van der Waals surface area contributed by atoms with Crippen molar-refractivity contribution in [2.45, 2.75) is 90.3 Å². The van der Waals surface area contributed by atoms with Gasteiger partial charge in [0.2, 0.25) is 0 Å². The van der Waals surface area contributed by atoms with E-state index in [1.807, 2.05) is 30.3 Å². The van der Waals surface area contributed by atoms with Crippen molar-refractivity contribution in [3.8, 4) is 5.75 Å². The van der Waals surface area contributed by atoms with E-state index in [0.29, 0.717) is 0 Å². The van der Waals surface area contributed by atoms with Crippen molar-refractivity contribution in [2.24, 2.45) is 0 Å². The predicted molar refractivity (Wildman–Crippen MR) is 127 cm³/mol. The number of para-hydroxylation sites is 1. The van der Waals surface area contributed by atoms with Gasteiger partial charge in [0.05, 0.1) is 0 Å². The molecule has 0 heterocycles. The maximum absolute atomic E-state index is 6.83. The number of benzene rings is 2. The fraction of sp³-hybridized carbons (Fsp3) is 0.556. The maximum atomic E-state index is 6.83. The molecule has 1 unspecified atom stereocenters. The van der Waals surface area contributed by atoms with E-state index in [1.165, 1.54) is 37.7 Å². The minimum Gasteiger partial charge on any atom is -0.484 e. The van der Waals surface area contributed by atoms with Gasteiger partial charge < -0.3 is 4.74 Å². The zero-order valence-corrected chi connectivity index (χ0v) is 19.5. The third kappa shape index (κ3) is 7.45. The molecule has 1 atom stereocenters. The molecule has 3 nitrogen and oxygen atoms in total. The first-order valence-electron chi connectivity index (χ1n) is 11.7. The van der Waals surface area contributed by atoms with Crippen molar-refractivity contribution < 1.29 is 9.57 Å². The summed E-state index contributed by atoms with van der Waals surface area (Å²) in [6.45, 7) is 9.38. The van der Waals surface area contributed by atoms with Crippen molar-refractivity contribution in [3.63, 3.8) is 0 Å². The predicted octanol–water partition coefficient (Wildman–Crippen LogP) is 7.12. The Hall–Kier alpha value is -1.84. The van der Waals surface area contributed by atoms with Crippen LogP contribution in [0.15, 0.2) is 60.7 Å². The Kier molecular flexibility index (Phi) is 10.4. The molecule has 0 aliphatic rings. The summed E-state index contributed by atoms with van der Waals surface area (Å²) in [7, 11) is 0. The minimum absolute atomic E-state index is 0.483. The summed E-state index contributed by atoms with van der Waals surface area (Å²) in [5.74, 6) is 0.896. The summed E-state index contributed by atoms with van der Waals surface area (Å²) in [4.78, 5) is 6.21. The Labute approximate surface area is 184 Å². The third-order valence-corrected chi connectivity index (χ3v) is 5.89. The Morgan fingerprint density at radius 3 is 2.00 bits per heavy atom. The summed E-state index contributed by atoms with van der Waals surface area (Å²) in [5.41, 5.74) is 3.38. The Morgan fingerprint density at radius 1 is 0.767 bits per heavy atom. The van der Waals surface area contributed by atoms with Crippen LogP contribution in [0.2, 0.25) is 0 Å². The highest BCUT2D eigenvalue weighted by Gasteiger charge is 2.48. The molecule has 1 N–H and O–H groups in total. The summed E-state index contributed by atoms with van der Waals surface area (Å²) in [5, 5.41) is 0. The zero-order chi connectivity index (χ0) is 21.7. The second-order valence-corrected chi connectivity index (χ2v) is 8.70. The van der Waals surface area contributed by atoms with Crippen LogP contribution in [0.1, 0.15) is 78.2 Å². The first-order valence-corrected chi connectivity index (χ1v) is 11.7. The van der Waals surface area contributed by atoms with E-state index in [2.05, 4.69) is 63.5 Å². The number of hydrogen-bond acceptors (Lipinski definition) is 3. The van der Waals surface area contributed by atoms with E-state index in [0.717, 1.165) is 31.6 Å². The molecule has 0 spiro atoms. The molecule has 0 bridgehead atoms. The molecule has 0 aliphatic carbocycles. The molecular weight excluding hydrogens is 370 g/mol. The molecule has 2 rings (SSSR count). The van der Waals surface area contributed by atoms with E-state index in [4.69, 9.17) is 9.57 Å². The van der Waals surface area contributed by atoms with Gasteiger partial charge in [0, 0.05) is 13.0 Å². The molecule has 2 aromatic rings. The van der Waals surface area contributed by atoms with Gasteiger partial charge in [-0.25, -0.2) is 5.48 Å². The van der Waals surface area contributed by atoms with Gasteiger partial charge in [-0.2, -0.15) is 0 Å². The summed E-state index contributed by atoms with van der Waals surface area (Å²) < 4.78 is 6.83. The molecular formula is C27H41NO2. The molecule has 0 saturated carbocycles. The van der Waals surface area contributed by atoms with Gasteiger partial charge in [0.15, 0.2) is 0 Å². The number of hydroxylamine groups is 1. The van der Waals surface area contributed by atoms with E-state index in [1.54, 1.807) is 0 Å². The van der Waals surface area contributed by atoms with Crippen LogP contribution >= 0.6 is 0 Å². The van der Waals surface area contributed by atoms with Gasteiger partial charge in [0.25, 0.3) is 0 Å². The van der Waals surface area contributed by atoms with Gasteiger partial charge in [-0.1, -0.05) is 94.5 Å². The lowest BCUT2D eigenvalue weighted by atomic mass is 9.76. The van der Waals surface area contributed by atoms with Crippen LogP contribution in [-0.2, 0) is 11.3 Å². The molecule has 0 amide bonds. The molecule has 2 aromatic carbocycles. The van der Waals surface area contributed by atoms with Crippen molar-refractivity contribution in [1.82, 2.24) is 5.48 Å². The average molecular weight is 412 g/mol. The molecule has 166 valence electrons. The Morgan fingerprint density at radius 2 is 1.37 bits per heavy atom. The van der Waals surface area contributed by atoms with Gasteiger partial charge in [0.1, 0.15) is 17.0 Å². The van der Waals surface area contributed by atoms with Crippen LogP contribution in [0, 0.1) is 0 Å². The van der Waals surface area contributed by atoms with Crippen LogP contribution in [0.25, 0.3) is 0 Å². The van der Waals surface area contributed by atoms with E-state index in [-0.39, 0.29) is 0 Å². The minimum atomic E-state index is -0.516. The van der Waals surface area contributed by atoms with Crippen molar-refractivity contribution in [2.75, 3.05) is 6.54 Å². The summed E-state index contributed by atoms with van der Waals surface area (Å²) >= 11 is 0. The highest BCUT2D eigenvalue weighted by atomic mass is 16.7. The third-order valence-electron chi connectivity index (χ3n) is 5.89. The van der Waals surface area contributed by atoms with Crippen LogP contribution in [0.4, 0.5) is 0 Å². The van der Waals surface area contributed by atoms with Gasteiger partial charge in [-0.15, -0.1) is 0 Å². The van der Waals surface area contributed by atoms with E-state index < -0.39 is 11.2 Å². The molecule has 0 saturated heterocycles. The molecule has 0 radical (unpaired) electrons. The van der Waals surface area contributed by atoms with Gasteiger partial charge in [-0.05, 0) is 44.4 Å². The van der Waals surface area contributed by atoms with Crippen LogP contribution in [0.3, 0.4) is 0 Å². The number of unbranched alkanes of at least 4 members (excludes halogenated alkanes) is 5. The Balaban J connectivity index is 2.30. The standard InChI is InChI=1S/C27H41NO2/c1-5-7-8-9-10-17-22-27(26(3,4)30-28-6-2,23-24-18-13-11-14-19-24)29-25-20-15-12-16-21-25/h11-16,18-21,28H,5-10,17,22-23H2,1-4H3. The van der Waals surface area contributed by atoms with E-state index >= 15 is 0 Å². The largest absolute Gasteiger partial charge is 0.484 e. The number of rotatable bonds is 15. The topological polar surface area (TPSA) is 30.5 Å². The van der Waals surface area contributed by atoms with Crippen LogP contribution in [0.5, 0.6) is 5.75 Å². The first-order chi connectivity index (χ1) is 14.5. The van der Waals surface area contributed by atoms with Crippen LogP contribution < -0.4 is 10.2 Å². The molecule has 0 aromatic heterocycles. The molecule has 3 heteroatoms. The van der Waals surface area contributed by atoms with Crippen molar-refractivity contribution >= 4 is 0 Å². The second-order valence-electron chi connectivity index (χ2n) is 8.70. The second kappa shape index (κ2) is 12.8.